The lowest BCUT2D eigenvalue weighted by Gasteiger charge is -2.28. The fourth-order valence-electron chi connectivity index (χ4n) is 4.39. The Morgan fingerprint density at radius 1 is 1.10 bits per heavy atom. The smallest absolute Gasteiger partial charge is 0.296 e. The second kappa shape index (κ2) is 15.1. The number of nitro groups is 1. The largest absolute Gasteiger partial charge is 0.488 e. The molecule has 2 aromatic carbocycles. The van der Waals surface area contributed by atoms with Gasteiger partial charge in [0, 0.05) is 37.0 Å². The number of hydrogen-bond acceptors (Lipinski definition) is 9. The van der Waals surface area contributed by atoms with Crippen LogP contribution in [0.5, 0.6) is 17.4 Å². The number of primary amides is 1. The molecule has 0 aliphatic heterocycles. The van der Waals surface area contributed by atoms with Crippen molar-refractivity contribution in [3.63, 3.8) is 0 Å². The van der Waals surface area contributed by atoms with Crippen molar-refractivity contribution in [1.82, 2.24) is 10.3 Å². The highest BCUT2D eigenvalue weighted by Gasteiger charge is 2.22. The van der Waals surface area contributed by atoms with Gasteiger partial charge in [0.15, 0.2) is 5.69 Å². The Hall–Kier alpha value is -4.22. The van der Waals surface area contributed by atoms with Gasteiger partial charge in [-0.2, -0.15) is 0 Å². The summed E-state index contributed by atoms with van der Waals surface area (Å²) in [6, 6.07) is 15.4. The minimum Gasteiger partial charge on any atom is -0.488 e. The van der Waals surface area contributed by atoms with Crippen LogP contribution in [-0.2, 0) is 6.42 Å². The first-order valence-electron chi connectivity index (χ1n) is 14.1. The maximum Gasteiger partial charge on any atom is 0.296 e. The zero-order chi connectivity index (χ0) is 30.7. The van der Waals surface area contributed by atoms with E-state index in [-0.39, 0.29) is 24.4 Å². The van der Waals surface area contributed by atoms with Crippen LogP contribution in [0.1, 0.15) is 56.5 Å². The number of para-hydroxylation sites is 1. The number of carbonyl (C=O) groups is 1. The maximum atomic E-state index is 11.6. The number of aliphatic hydroxyl groups is 1. The first kappa shape index (κ1) is 32.3. The number of amides is 1. The fourth-order valence-corrected chi connectivity index (χ4v) is 4.39. The van der Waals surface area contributed by atoms with Crippen LogP contribution in [0.25, 0.3) is 0 Å². The number of carbonyl (C=O) groups excluding carboxylic acids is 1. The van der Waals surface area contributed by atoms with Crippen molar-refractivity contribution in [3.05, 3.63) is 82.0 Å². The molecular weight excluding hydrogens is 538 g/mol. The molecule has 1 heterocycles. The van der Waals surface area contributed by atoms with Crippen molar-refractivity contribution in [2.75, 3.05) is 25.0 Å². The predicted molar refractivity (Wildman–Crippen MR) is 162 cm³/mol. The van der Waals surface area contributed by atoms with Crippen molar-refractivity contribution >= 4 is 17.3 Å². The zero-order valence-electron chi connectivity index (χ0n) is 24.6. The second-order valence-electron chi connectivity index (χ2n) is 10.9. The highest BCUT2D eigenvalue weighted by molar-refractivity contribution is 5.92. The molecule has 0 saturated heterocycles. The number of benzene rings is 2. The van der Waals surface area contributed by atoms with Gasteiger partial charge in [-0.3, -0.25) is 14.9 Å². The summed E-state index contributed by atoms with van der Waals surface area (Å²) in [7, 11) is 0. The van der Waals surface area contributed by atoms with Gasteiger partial charge in [0.2, 0.25) is 11.8 Å². The second-order valence-corrected chi connectivity index (χ2v) is 10.9. The SMILES string of the molecule is CCC(CC)CNc1c(OCC(O)CNC(C)(C)Cc2ccc(Oc3ccc(C(N)=O)cn3)cc2)cccc1[N+](=O)[O-]. The number of nitrogens with zero attached hydrogens (tertiary/aromatic N) is 2. The van der Waals surface area contributed by atoms with E-state index in [2.05, 4.69) is 29.5 Å². The molecule has 0 bridgehead atoms. The van der Waals surface area contributed by atoms with Crippen molar-refractivity contribution in [2.45, 2.75) is 58.6 Å². The van der Waals surface area contributed by atoms with E-state index in [1.165, 1.54) is 12.3 Å². The molecule has 42 heavy (non-hydrogen) atoms. The van der Waals surface area contributed by atoms with E-state index >= 15 is 0 Å². The number of ether oxygens (including phenoxy) is 2. The molecular formula is C31H41N5O6. The summed E-state index contributed by atoms with van der Waals surface area (Å²) in [6.45, 7) is 9.10. The normalized spacial score (nSPS) is 12.1. The van der Waals surface area contributed by atoms with Crippen LogP contribution in [0, 0.1) is 16.0 Å². The molecule has 1 amide bonds. The Labute approximate surface area is 246 Å². The van der Waals surface area contributed by atoms with Gasteiger partial charge < -0.3 is 30.9 Å². The van der Waals surface area contributed by atoms with E-state index in [1.54, 1.807) is 24.3 Å². The van der Waals surface area contributed by atoms with Gasteiger partial charge in [-0.05, 0) is 56.0 Å². The molecule has 0 spiro atoms. The van der Waals surface area contributed by atoms with E-state index < -0.39 is 16.9 Å². The Balaban J connectivity index is 1.52. The summed E-state index contributed by atoms with van der Waals surface area (Å²) in [4.78, 5) is 26.5. The molecule has 0 aliphatic carbocycles. The van der Waals surface area contributed by atoms with Gasteiger partial charge in [0.25, 0.3) is 5.69 Å². The molecule has 3 aromatic rings. The van der Waals surface area contributed by atoms with Gasteiger partial charge in [0.05, 0.1) is 10.5 Å². The summed E-state index contributed by atoms with van der Waals surface area (Å²) >= 11 is 0. The van der Waals surface area contributed by atoms with Gasteiger partial charge >= 0.3 is 0 Å². The van der Waals surface area contributed by atoms with Gasteiger partial charge in [-0.15, -0.1) is 0 Å². The third-order valence-corrected chi connectivity index (χ3v) is 6.98. The molecule has 1 aromatic heterocycles. The predicted octanol–water partition coefficient (Wildman–Crippen LogP) is 5.08. The van der Waals surface area contributed by atoms with Crippen LogP contribution >= 0.6 is 0 Å². The molecule has 0 aliphatic rings. The number of pyridine rings is 1. The van der Waals surface area contributed by atoms with Crippen LogP contribution in [0.2, 0.25) is 0 Å². The quantitative estimate of drug-likeness (QED) is 0.126. The number of β-amino-alcohol motifs (C(OH)–C–C–N with tert-alkyl or cyclic N) is 1. The molecule has 1 atom stereocenters. The first-order valence-corrected chi connectivity index (χ1v) is 14.1. The standard InChI is InChI=1S/C31H41N5O6/c1-5-21(6-2)17-34-29-26(36(39)40)8-7-9-27(29)41-20-24(37)19-35-31(3,4)16-22-10-13-25(14-11-22)42-28-15-12-23(18-33-28)30(32)38/h7-15,18,21,24,34-35,37H,5-6,16-17,19-20H2,1-4H3,(H2,32,38). The monoisotopic (exact) mass is 579 g/mol. The lowest BCUT2D eigenvalue weighted by molar-refractivity contribution is -0.384. The molecule has 0 saturated carbocycles. The molecule has 3 rings (SSSR count). The van der Waals surface area contributed by atoms with E-state index in [1.807, 2.05) is 38.1 Å². The average molecular weight is 580 g/mol. The third-order valence-electron chi connectivity index (χ3n) is 6.98. The number of aliphatic hydroxyl groups excluding tert-OH is 1. The van der Waals surface area contributed by atoms with Crippen molar-refractivity contribution in [2.24, 2.45) is 11.7 Å². The number of nitrogens with one attached hydrogen (secondary N) is 2. The molecule has 0 fully saturated rings. The minimum atomic E-state index is -0.834. The Morgan fingerprint density at radius 2 is 1.81 bits per heavy atom. The van der Waals surface area contributed by atoms with Gasteiger partial charge in [-0.1, -0.05) is 44.9 Å². The maximum absolute atomic E-state index is 11.6. The van der Waals surface area contributed by atoms with Gasteiger partial charge in [0.1, 0.15) is 24.2 Å². The molecule has 0 radical (unpaired) electrons. The van der Waals surface area contributed by atoms with Crippen molar-refractivity contribution in [1.29, 1.82) is 0 Å². The molecule has 1 unspecified atom stereocenters. The summed E-state index contributed by atoms with van der Waals surface area (Å²) in [5, 5.41) is 28.8. The highest BCUT2D eigenvalue weighted by Crippen LogP contribution is 2.34. The van der Waals surface area contributed by atoms with Crippen LogP contribution in [0.15, 0.2) is 60.8 Å². The van der Waals surface area contributed by atoms with Crippen molar-refractivity contribution in [3.8, 4) is 17.4 Å². The van der Waals surface area contributed by atoms with Crippen molar-refractivity contribution < 1.29 is 24.3 Å². The average Bonchev–Trinajstić information content (AvgIpc) is 2.97. The minimum absolute atomic E-state index is 0.0234. The molecule has 11 nitrogen and oxygen atoms in total. The highest BCUT2D eigenvalue weighted by atomic mass is 16.6. The summed E-state index contributed by atoms with van der Waals surface area (Å²) in [5.74, 6) is 1.13. The van der Waals surface area contributed by atoms with E-state index in [0.29, 0.717) is 47.5 Å². The Morgan fingerprint density at radius 3 is 2.40 bits per heavy atom. The van der Waals surface area contributed by atoms with Crippen LogP contribution in [0.4, 0.5) is 11.4 Å². The lowest BCUT2D eigenvalue weighted by Crippen LogP contribution is -2.46. The Bertz CT molecular complexity index is 1310. The van der Waals surface area contributed by atoms with E-state index in [0.717, 1.165) is 18.4 Å². The molecule has 5 N–H and O–H groups in total. The first-order chi connectivity index (χ1) is 20.0. The van der Waals surface area contributed by atoms with E-state index in [9.17, 15) is 20.0 Å². The van der Waals surface area contributed by atoms with Crippen LogP contribution < -0.4 is 25.8 Å². The number of nitro benzene ring substituents is 1. The van der Waals surface area contributed by atoms with Crippen LogP contribution in [0.3, 0.4) is 0 Å². The third kappa shape index (κ3) is 9.71. The number of nitrogens with two attached hydrogens (primary N) is 1. The number of hydrogen-bond donors (Lipinski definition) is 4. The van der Waals surface area contributed by atoms with E-state index in [4.69, 9.17) is 15.2 Å². The number of rotatable bonds is 17. The number of anilines is 1. The van der Waals surface area contributed by atoms with Crippen LogP contribution in [-0.4, -0.2) is 52.3 Å². The molecule has 226 valence electrons. The summed E-state index contributed by atoms with van der Waals surface area (Å²) < 4.78 is 11.6. The summed E-state index contributed by atoms with van der Waals surface area (Å²) in [5.41, 5.74) is 6.54. The fraction of sp³-hybridized carbons (Fsp3) is 0.419. The topological polar surface area (TPSA) is 162 Å². The lowest BCUT2D eigenvalue weighted by atomic mass is 9.94. The van der Waals surface area contributed by atoms with Gasteiger partial charge in [-0.25, -0.2) is 4.98 Å². The zero-order valence-corrected chi connectivity index (χ0v) is 24.6. The molecule has 11 heteroatoms. The summed E-state index contributed by atoms with van der Waals surface area (Å²) in [6.07, 6.45) is 3.14. The Kier molecular flexibility index (Phi) is 11.6. The number of aromatic nitrogens is 1.